The maximum absolute atomic E-state index is 12.8. The second kappa shape index (κ2) is 7.56. The van der Waals surface area contributed by atoms with Gasteiger partial charge in [0.25, 0.3) is 0 Å². The average molecular weight is 389 g/mol. The van der Waals surface area contributed by atoms with E-state index in [9.17, 15) is 28.1 Å². The van der Waals surface area contributed by atoms with Crippen molar-refractivity contribution in [3.8, 4) is 0 Å². The van der Waals surface area contributed by atoms with Crippen molar-refractivity contribution in [2.45, 2.75) is 6.18 Å². The van der Waals surface area contributed by atoms with E-state index in [1.165, 1.54) is 36.3 Å². The lowest BCUT2D eigenvalue weighted by Crippen LogP contribution is -2.31. The Hall–Kier alpha value is -2.88. The largest absolute Gasteiger partial charge is 0.417 e. The quantitative estimate of drug-likeness (QED) is 0.622. The molecule has 0 aliphatic heterocycles. The summed E-state index contributed by atoms with van der Waals surface area (Å²) in [7, 11) is 1.40. The fourth-order valence-electron chi connectivity index (χ4n) is 2.14. The molecule has 1 amide bonds. The molecule has 0 aliphatic rings. The molecule has 0 saturated carbocycles. The van der Waals surface area contributed by atoms with Crippen LogP contribution in [0.5, 0.6) is 0 Å². The Kier molecular flexibility index (Phi) is 5.66. The number of alkyl halides is 3. The molecule has 0 unspecified atom stereocenters. The number of rotatable bonds is 5. The summed E-state index contributed by atoms with van der Waals surface area (Å²) >= 11 is 5.52. The molecular formula is C15H12ClF3N4O3. The zero-order valence-electron chi connectivity index (χ0n) is 13.2. The van der Waals surface area contributed by atoms with Gasteiger partial charge in [-0.3, -0.25) is 14.9 Å². The highest BCUT2D eigenvalue weighted by molar-refractivity contribution is 6.31. The third-order valence-electron chi connectivity index (χ3n) is 3.26. The number of amides is 1. The number of hydrogen-bond acceptors (Lipinski definition) is 5. The number of carbonyl (C=O) groups excluding carboxylic acids is 1. The monoisotopic (exact) mass is 388 g/mol. The van der Waals surface area contributed by atoms with E-state index in [1.54, 1.807) is 0 Å². The molecule has 7 nitrogen and oxygen atoms in total. The first-order valence-corrected chi connectivity index (χ1v) is 7.44. The molecule has 1 heterocycles. The van der Waals surface area contributed by atoms with Crippen LogP contribution < -0.4 is 10.2 Å². The van der Waals surface area contributed by atoms with E-state index in [0.717, 1.165) is 6.07 Å². The van der Waals surface area contributed by atoms with Gasteiger partial charge in [0.2, 0.25) is 11.7 Å². The van der Waals surface area contributed by atoms with Gasteiger partial charge in [0, 0.05) is 25.0 Å². The number of carbonyl (C=O) groups is 1. The van der Waals surface area contributed by atoms with Crippen molar-refractivity contribution in [2.75, 3.05) is 23.8 Å². The average Bonchev–Trinajstić information content (AvgIpc) is 2.55. The van der Waals surface area contributed by atoms with Crippen LogP contribution in [0.25, 0.3) is 0 Å². The molecule has 0 saturated heterocycles. The molecule has 1 aromatic heterocycles. The molecule has 0 fully saturated rings. The molecule has 2 aromatic rings. The molecule has 1 aromatic carbocycles. The number of likely N-dealkylation sites (N-methyl/N-ethyl adjacent to an activating group) is 1. The van der Waals surface area contributed by atoms with Gasteiger partial charge in [-0.15, -0.1) is 0 Å². The number of nitrogens with one attached hydrogen (secondary N) is 1. The third-order valence-corrected chi connectivity index (χ3v) is 3.59. The van der Waals surface area contributed by atoms with Gasteiger partial charge < -0.3 is 10.2 Å². The van der Waals surface area contributed by atoms with Crippen LogP contribution in [0.4, 0.5) is 30.4 Å². The number of nitrogens with zero attached hydrogens (tertiary/aromatic N) is 3. The lowest BCUT2D eigenvalue weighted by atomic mass is 10.2. The Morgan fingerprint density at radius 2 is 2.08 bits per heavy atom. The zero-order chi connectivity index (χ0) is 19.5. The van der Waals surface area contributed by atoms with Gasteiger partial charge in [0.1, 0.15) is 0 Å². The minimum Gasteiger partial charge on any atom is -0.345 e. The molecule has 1 N–H and O–H groups in total. The van der Waals surface area contributed by atoms with Crippen molar-refractivity contribution < 1.29 is 22.9 Å². The number of anilines is 2. The van der Waals surface area contributed by atoms with E-state index >= 15 is 0 Å². The van der Waals surface area contributed by atoms with Crippen molar-refractivity contribution in [1.82, 2.24) is 4.98 Å². The van der Waals surface area contributed by atoms with Crippen molar-refractivity contribution in [3.63, 3.8) is 0 Å². The zero-order valence-corrected chi connectivity index (χ0v) is 14.0. The molecule has 0 aliphatic carbocycles. The summed E-state index contributed by atoms with van der Waals surface area (Å²) in [5, 5.41) is 12.8. The minimum atomic E-state index is -4.66. The summed E-state index contributed by atoms with van der Waals surface area (Å²) in [5.41, 5.74) is -1.48. The van der Waals surface area contributed by atoms with Crippen LogP contribution >= 0.6 is 11.6 Å². The third kappa shape index (κ3) is 4.60. The van der Waals surface area contributed by atoms with Gasteiger partial charge in [0.05, 0.1) is 22.1 Å². The molecule has 26 heavy (non-hydrogen) atoms. The number of aromatic nitrogens is 1. The molecule has 2 rings (SSSR count). The van der Waals surface area contributed by atoms with Crippen molar-refractivity contribution in [3.05, 3.63) is 57.2 Å². The van der Waals surface area contributed by atoms with E-state index in [4.69, 9.17) is 11.6 Å². The number of nitro groups is 1. The van der Waals surface area contributed by atoms with Crippen LogP contribution in [0, 0.1) is 10.1 Å². The van der Waals surface area contributed by atoms with Gasteiger partial charge >= 0.3 is 11.9 Å². The summed E-state index contributed by atoms with van der Waals surface area (Å²) in [6.45, 7) is -0.359. The fraction of sp³-hybridized carbons (Fsp3) is 0.200. The standard InChI is InChI=1S/C15H12ClF3N4O3/c1-22(14-12(23(25)26)3-2-6-20-14)8-13(24)21-9-4-5-11(16)10(7-9)15(17,18)19/h2-7H,8H2,1H3,(H,21,24). The Bertz CT molecular complexity index is 845. The van der Waals surface area contributed by atoms with Gasteiger partial charge in [-0.2, -0.15) is 13.2 Å². The van der Waals surface area contributed by atoms with Crippen LogP contribution in [0.1, 0.15) is 5.56 Å². The van der Waals surface area contributed by atoms with Gasteiger partial charge in [-0.05, 0) is 24.3 Å². The second-order valence-electron chi connectivity index (χ2n) is 5.20. The van der Waals surface area contributed by atoms with Crippen LogP contribution in [0.2, 0.25) is 5.02 Å². The summed E-state index contributed by atoms with van der Waals surface area (Å²) in [4.78, 5) is 27.5. The smallest absolute Gasteiger partial charge is 0.345 e. The maximum Gasteiger partial charge on any atom is 0.417 e. The Morgan fingerprint density at radius 3 is 2.69 bits per heavy atom. The first-order valence-electron chi connectivity index (χ1n) is 7.06. The van der Waals surface area contributed by atoms with Crippen molar-refractivity contribution in [2.24, 2.45) is 0 Å². The minimum absolute atomic E-state index is 0.0419. The van der Waals surface area contributed by atoms with Crippen molar-refractivity contribution >= 4 is 34.7 Å². The van der Waals surface area contributed by atoms with E-state index in [1.807, 2.05) is 0 Å². The predicted octanol–water partition coefficient (Wildman–Crippen LogP) is 3.74. The normalized spacial score (nSPS) is 11.1. The number of benzene rings is 1. The number of hydrogen-bond donors (Lipinski definition) is 1. The van der Waals surface area contributed by atoms with E-state index in [2.05, 4.69) is 10.3 Å². The van der Waals surface area contributed by atoms with E-state index in [0.29, 0.717) is 6.07 Å². The summed E-state index contributed by atoms with van der Waals surface area (Å²) < 4.78 is 38.5. The molecule has 138 valence electrons. The second-order valence-corrected chi connectivity index (χ2v) is 5.61. The topological polar surface area (TPSA) is 88.4 Å². The Labute approximate surface area is 150 Å². The van der Waals surface area contributed by atoms with Gasteiger partial charge in [-0.25, -0.2) is 4.98 Å². The SMILES string of the molecule is CN(CC(=O)Nc1ccc(Cl)c(C(F)(F)F)c1)c1ncccc1[N+](=O)[O-]. The summed E-state index contributed by atoms with van der Waals surface area (Å²) in [6, 6.07) is 5.56. The number of pyridine rings is 1. The Balaban J connectivity index is 2.13. The molecular weight excluding hydrogens is 377 g/mol. The first-order chi connectivity index (χ1) is 12.1. The maximum atomic E-state index is 12.8. The highest BCUT2D eigenvalue weighted by Gasteiger charge is 2.33. The lowest BCUT2D eigenvalue weighted by molar-refractivity contribution is -0.384. The van der Waals surface area contributed by atoms with Crippen LogP contribution in [-0.2, 0) is 11.0 Å². The lowest BCUT2D eigenvalue weighted by Gasteiger charge is -2.18. The highest BCUT2D eigenvalue weighted by Crippen LogP contribution is 2.36. The van der Waals surface area contributed by atoms with Gasteiger partial charge in [0.15, 0.2) is 0 Å². The summed E-state index contributed by atoms with van der Waals surface area (Å²) in [6.07, 6.45) is -3.34. The van der Waals surface area contributed by atoms with Crippen LogP contribution in [-0.4, -0.2) is 29.4 Å². The molecule has 0 atom stereocenters. The van der Waals surface area contributed by atoms with Crippen LogP contribution in [0.15, 0.2) is 36.5 Å². The fourth-order valence-corrected chi connectivity index (χ4v) is 2.36. The molecule has 11 heteroatoms. The van der Waals surface area contributed by atoms with Gasteiger partial charge in [-0.1, -0.05) is 11.6 Å². The molecule has 0 bridgehead atoms. The number of halogens is 4. The molecule has 0 spiro atoms. The van der Waals surface area contributed by atoms with Crippen molar-refractivity contribution in [1.29, 1.82) is 0 Å². The Morgan fingerprint density at radius 1 is 1.38 bits per heavy atom. The van der Waals surface area contributed by atoms with E-state index in [-0.39, 0.29) is 23.7 Å². The summed E-state index contributed by atoms with van der Waals surface area (Å²) in [5.74, 6) is -0.720. The predicted molar refractivity (Wildman–Crippen MR) is 89.2 cm³/mol. The highest BCUT2D eigenvalue weighted by atomic mass is 35.5. The van der Waals surface area contributed by atoms with E-state index < -0.39 is 27.6 Å². The molecule has 0 radical (unpaired) electrons. The van der Waals surface area contributed by atoms with Crippen LogP contribution in [0.3, 0.4) is 0 Å². The first kappa shape index (κ1) is 19.4.